The van der Waals surface area contributed by atoms with Gasteiger partial charge in [-0.2, -0.15) is 0 Å². The van der Waals surface area contributed by atoms with E-state index in [0.717, 1.165) is 28.5 Å². The van der Waals surface area contributed by atoms with Crippen molar-refractivity contribution in [2.24, 2.45) is 0 Å². The lowest BCUT2D eigenvalue weighted by Gasteiger charge is -2.12. The van der Waals surface area contributed by atoms with Crippen molar-refractivity contribution in [2.45, 2.75) is 11.3 Å². The molecule has 1 aliphatic heterocycles. The van der Waals surface area contributed by atoms with Crippen molar-refractivity contribution in [1.29, 1.82) is 0 Å². The minimum Gasteiger partial charge on any atom is -0.461 e. The van der Waals surface area contributed by atoms with Gasteiger partial charge in [-0.3, -0.25) is 4.79 Å². The van der Waals surface area contributed by atoms with Crippen LogP contribution in [0.4, 0.5) is 4.39 Å². The quantitative estimate of drug-likeness (QED) is 0.802. The van der Waals surface area contributed by atoms with Crippen LogP contribution in [0.15, 0.2) is 59.0 Å². The minimum absolute atomic E-state index is 0.167. The monoisotopic (exact) mass is 346 g/mol. The Morgan fingerprint density at radius 1 is 1.00 bits per heavy atom. The smallest absolute Gasteiger partial charge is 0.310 e. The molecule has 0 saturated carbocycles. The summed E-state index contributed by atoms with van der Waals surface area (Å²) in [5.74, 6) is -0.661. The van der Waals surface area contributed by atoms with Crippen LogP contribution in [0.25, 0.3) is 5.57 Å². The van der Waals surface area contributed by atoms with Crippen molar-refractivity contribution in [3.63, 3.8) is 0 Å². The minimum atomic E-state index is -3.29. The molecule has 0 spiro atoms. The lowest BCUT2D eigenvalue weighted by atomic mass is 9.92. The Kier molecular flexibility index (Phi) is 4.24. The standard InChI is InChI=1S/C18H15FO4S/c1-24(21,22)16-8-4-13(5-9-16)18(14-10-17(20)23-11-14)12-2-6-15(19)7-3-12/h2-9H,10-11H2,1H3. The van der Waals surface area contributed by atoms with Gasteiger partial charge in [-0.1, -0.05) is 24.3 Å². The zero-order chi connectivity index (χ0) is 17.3. The molecule has 4 nitrogen and oxygen atoms in total. The number of benzene rings is 2. The van der Waals surface area contributed by atoms with E-state index >= 15 is 0 Å². The normalized spacial score (nSPS) is 16.8. The van der Waals surface area contributed by atoms with Crippen molar-refractivity contribution in [1.82, 2.24) is 0 Å². The Hall–Kier alpha value is -2.47. The van der Waals surface area contributed by atoms with E-state index in [0.29, 0.717) is 0 Å². The third kappa shape index (κ3) is 3.38. The molecule has 1 saturated heterocycles. The van der Waals surface area contributed by atoms with Gasteiger partial charge >= 0.3 is 5.97 Å². The predicted molar refractivity (Wildman–Crippen MR) is 87.5 cm³/mol. The Morgan fingerprint density at radius 2 is 1.54 bits per heavy atom. The molecule has 2 aromatic carbocycles. The van der Waals surface area contributed by atoms with Gasteiger partial charge in [0.25, 0.3) is 0 Å². The maximum atomic E-state index is 13.2. The predicted octanol–water partition coefficient (Wildman–Crippen LogP) is 2.98. The zero-order valence-corrected chi connectivity index (χ0v) is 13.8. The Labute approximate surface area is 139 Å². The summed E-state index contributed by atoms with van der Waals surface area (Å²) >= 11 is 0. The Morgan fingerprint density at radius 3 is 2.00 bits per heavy atom. The summed E-state index contributed by atoms with van der Waals surface area (Å²) in [6.07, 6.45) is 1.31. The molecular formula is C18H15FO4S. The van der Waals surface area contributed by atoms with E-state index in [4.69, 9.17) is 4.74 Å². The molecule has 0 radical (unpaired) electrons. The molecule has 0 unspecified atom stereocenters. The van der Waals surface area contributed by atoms with Crippen LogP contribution in [-0.4, -0.2) is 27.2 Å². The number of halogens is 1. The van der Waals surface area contributed by atoms with Crippen LogP contribution < -0.4 is 0 Å². The number of esters is 1. The fourth-order valence-electron chi connectivity index (χ4n) is 2.66. The Balaban J connectivity index is 2.12. The molecule has 124 valence electrons. The SMILES string of the molecule is CS(=O)(=O)c1ccc(C(=C2COC(=O)C2)c2ccc(F)cc2)cc1. The van der Waals surface area contributed by atoms with Crippen LogP contribution >= 0.6 is 0 Å². The molecule has 0 aliphatic carbocycles. The van der Waals surface area contributed by atoms with E-state index in [1.165, 1.54) is 24.3 Å². The van der Waals surface area contributed by atoms with E-state index in [-0.39, 0.29) is 29.7 Å². The maximum absolute atomic E-state index is 13.2. The highest BCUT2D eigenvalue weighted by Crippen LogP contribution is 2.32. The molecule has 1 heterocycles. The summed E-state index contributed by atoms with van der Waals surface area (Å²) in [6, 6.07) is 12.4. The van der Waals surface area contributed by atoms with Crippen molar-refractivity contribution in [3.05, 3.63) is 71.0 Å². The van der Waals surface area contributed by atoms with Gasteiger partial charge in [0.1, 0.15) is 12.4 Å². The summed E-state index contributed by atoms with van der Waals surface area (Å²) in [6.45, 7) is 0.180. The summed E-state index contributed by atoms with van der Waals surface area (Å²) in [5, 5.41) is 0. The third-order valence-electron chi connectivity index (χ3n) is 3.82. The lowest BCUT2D eigenvalue weighted by molar-refractivity contribution is -0.137. The summed E-state index contributed by atoms with van der Waals surface area (Å²) < 4.78 is 41.4. The molecule has 1 fully saturated rings. The summed E-state index contributed by atoms with van der Waals surface area (Å²) in [7, 11) is -3.29. The number of carbonyl (C=O) groups is 1. The van der Waals surface area contributed by atoms with E-state index in [1.54, 1.807) is 24.3 Å². The van der Waals surface area contributed by atoms with Gasteiger partial charge in [-0.15, -0.1) is 0 Å². The molecule has 6 heteroatoms. The second kappa shape index (κ2) is 6.20. The largest absolute Gasteiger partial charge is 0.461 e. The van der Waals surface area contributed by atoms with Crippen LogP contribution in [0.5, 0.6) is 0 Å². The van der Waals surface area contributed by atoms with Gasteiger partial charge < -0.3 is 4.74 Å². The highest BCUT2D eigenvalue weighted by atomic mass is 32.2. The van der Waals surface area contributed by atoms with Crippen LogP contribution in [0.1, 0.15) is 17.5 Å². The number of hydrogen-bond acceptors (Lipinski definition) is 4. The van der Waals surface area contributed by atoms with E-state index in [1.807, 2.05) is 0 Å². The number of rotatable bonds is 3. The lowest BCUT2D eigenvalue weighted by Crippen LogP contribution is -1.99. The first-order valence-corrected chi connectivity index (χ1v) is 9.18. The first-order chi connectivity index (χ1) is 11.3. The first kappa shape index (κ1) is 16.4. The van der Waals surface area contributed by atoms with Crippen LogP contribution in [-0.2, 0) is 19.4 Å². The number of hydrogen-bond donors (Lipinski definition) is 0. The molecule has 0 atom stereocenters. The van der Waals surface area contributed by atoms with Gasteiger partial charge in [-0.05, 0) is 46.5 Å². The first-order valence-electron chi connectivity index (χ1n) is 7.29. The van der Waals surface area contributed by atoms with Crippen LogP contribution in [0.2, 0.25) is 0 Å². The van der Waals surface area contributed by atoms with Gasteiger partial charge in [0, 0.05) is 6.26 Å². The fourth-order valence-corrected chi connectivity index (χ4v) is 3.30. The van der Waals surface area contributed by atoms with E-state index in [2.05, 4.69) is 0 Å². The van der Waals surface area contributed by atoms with E-state index < -0.39 is 9.84 Å². The maximum Gasteiger partial charge on any atom is 0.310 e. The fraction of sp³-hybridized carbons (Fsp3) is 0.167. The van der Waals surface area contributed by atoms with Gasteiger partial charge in [0.15, 0.2) is 9.84 Å². The van der Waals surface area contributed by atoms with E-state index in [9.17, 15) is 17.6 Å². The van der Waals surface area contributed by atoms with Crippen LogP contribution in [0.3, 0.4) is 0 Å². The molecule has 0 aromatic heterocycles. The van der Waals surface area contributed by atoms with Gasteiger partial charge in [0.05, 0.1) is 11.3 Å². The number of carbonyl (C=O) groups excluding carboxylic acids is 1. The number of sulfone groups is 1. The van der Waals surface area contributed by atoms with Crippen molar-refractivity contribution in [2.75, 3.05) is 12.9 Å². The molecule has 0 bridgehead atoms. The molecule has 3 rings (SSSR count). The average Bonchev–Trinajstić information content (AvgIpc) is 2.95. The zero-order valence-electron chi connectivity index (χ0n) is 13.0. The topological polar surface area (TPSA) is 60.4 Å². The summed E-state index contributed by atoms with van der Waals surface area (Å²) in [4.78, 5) is 11.7. The highest BCUT2D eigenvalue weighted by Gasteiger charge is 2.22. The number of cyclic esters (lactones) is 1. The highest BCUT2D eigenvalue weighted by molar-refractivity contribution is 7.90. The van der Waals surface area contributed by atoms with Crippen molar-refractivity contribution < 1.29 is 22.3 Å². The molecule has 0 amide bonds. The van der Waals surface area contributed by atoms with Crippen molar-refractivity contribution in [3.8, 4) is 0 Å². The second-order valence-corrected chi connectivity index (χ2v) is 7.64. The second-order valence-electron chi connectivity index (χ2n) is 5.62. The van der Waals surface area contributed by atoms with Crippen LogP contribution in [0, 0.1) is 5.82 Å². The average molecular weight is 346 g/mol. The van der Waals surface area contributed by atoms with Gasteiger partial charge in [-0.25, -0.2) is 12.8 Å². The number of ether oxygens (including phenoxy) is 1. The molecule has 0 N–H and O–H groups in total. The molecule has 24 heavy (non-hydrogen) atoms. The molecular weight excluding hydrogens is 331 g/mol. The Bertz CT molecular complexity index is 910. The third-order valence-corrected chi connectivity index (χ3v) is 4.95. The van der Waals surface area contributed by atoms with Gasteiger partial charge in [0.2, 0.25) is 0 Å². The molecule has 2 aromatic rings. The van der Waals surface area contributed by atoms with Crippen molar-refractivity contribution >= 4 is 21.4 Å². The summed E-state index contributed by atoms with van der Waals surface area (Å²) in [5.41, 5.74) is 3.05. The molecule has 1 aliphatic rings.